The molecule has 0 aliphatic carbocycles. The van der Waals surface area contributed by atoms with Gasteiger partial charge in [0, 0.05) is 13.3 Å². The largest absolute Gasteiger partial charge is 0.441 e. The Bertz CT molecular complexity index is 341. The first-order valence-electron chi connectivity index (χ1n) is 4.54. The zero-order chi connectivity index (χ0) is 11.2. The van der Waals surface area contributed by atoms with E-state index in [0.29, 0.717) is 6.42 Å². The van der Waals surface area contributed by atoms with E-state index in [1.165, 1.54) is 6.92 Å². The van der Waals surface area contributed by atoms with E-state index in [9.17, 15) is 4.79 Å². The summed E-state index contributed by atoms with van der Waals surface area (Å²) in [6.45, 7) is 1.31. The third-order valence-electron chi connectivity index (χ3n) is 2.75. The lowest BCUT2D eigenvalue weighted by molar-refractivity contribution is -0.155. The van der Waals surface area contributed by atoms with Gasteiger partial charge in [-0.1, -0.05) is 31.9 Å². The summed E-state index contributed by atoms with van der Waals surface area (Å²) in [5, 5.41) is 9.15. The van der Waals surface area contributed by atoms with Gasteiger partial charge in [-0.3, -0.25) is 4.79 Å². The summed E-state index contributed by atoms with van der Waals surface area (Å²) in [4.78, 5) is 11.1. The molecule has 15 heavy (non-hydrogen) atoms. The minimum absolute atomic E-state index is 0.00440. The maximum absolute atomic E-state index is 11.0. The first-order chi connectivity index (χ1) is 7.00. The molecule has 2 saturated heterocycles. The Morgan fingerprint density at radius 2 is 2.27 bits per heavy atom. The molecule has 0 amide bonds. The zero-order valence-corrected chi connectivity index (χ0v) is 11.1. The fraction of sp³-hybridized carbons (Fsp3) is 0.778. The number of carbonyl (C=O) groups excluding carboxylic acids is 1. The SMILES string of the molecule is CC(=O)O[C@@]1(C#N)C[C@@H]2O[C@H]1[C@@H](Br)[C@@H]2Br. The summed E-state index contributed by atoms with van der Waals surface area (Å²) in [7, 11) is 0. The number of ether oxygens (including phenoxy) is 2. The second kappa shape index (κ2) is 3.72. The summed E-state index contributed by atoms with van der Waals surface area (Å²) >= 11 is 6.94. The maximum atomic E-state index is 11.0. The third-order valence-corrected chi connectivity index (χ3v) is 5.67. The van der Waals surface area contributed by atoms with Crippen molar-refractivity contribution in [3.8, 4) is 6.07 Å². The molecule has 2 aliphatic rings. The van der Waals surface area contributed by atoms with E-state index in [0.717, 1.165) is 0 Å². The van der Waals surface area contributed by atoms with Crippen LogP contribution in [0.1, 0.15) is 13.3 Å². The predicted octanol–water partition coefficient (Wildman–Crippen LogP) is 1.51. The molecule has 6 heteroatoms. The van der Waals surface area contributed by atoms with Gasteiger partial charge < -0.3 is 9.47 Å². The van der Waals surface area contributed by atoms with E-state index in [-0.39, 0.29) is 21.9 Å². The topological polar surface area (TPSA) is 59.3 Å². The highest BCUT2D eigenvalue weighted by molar-refractivity contribution is 9.12. The number of nitriles is 1. The average Bonchev–Trinajstić information content (AvgIpc) is 2.65. The molecule has 0 radical (unpaired) electrons. The molecule has 0 N–H and O–H groups in total. The van der Waals surface area contributed by atoms with Crippen molar-refractivity contribution in [1.82, 2.24) is 0 Å². The maximum Gasteiger partial charge on any atom is 0.304 e. The van der Waals surface area contributed by atoms with Gasteiger partial charge in [0.1, 0.15) is 12.2 Å². The predicted molar refractivity (Wildman–Crippen MR) is 58.8 cm³/mol. The number of alkyl halides is 2. The Balaban J connectivity index is 2.25. The lowest BCUT2D eigenvalue weighted by Crippen LogP contribution is -2.50. The van der Waals surface area contributed by atoms with Crippen molar-refractivity contribution in [2.45, 2.75) is 40.8 Å². The lowest BCUT2D eigenvalue weighted by Gasteiger charge is -2.32. The van der Waals surface area contributed by atoms with Gasteiger partial charge in [0.25, 0.3) is 0 Å². The van der Waals surface area contributed by atoms with E-state index in [2.05, 4.69) is 37.9 Å². The number of hydrogen-bond donors (Lipinski definition) is 0. The number of carbonyl (C=O) groups is 1. The Labute approximate surface area is 104 Å². The number of esters is 1. The van der Waals surface area contributed by atoms with Gasteiger partial charge in [0.15, 0.2) is 0 Å². The molecule has 0 saturated carbocycles. The summed E-state index contributed by atoms with van der Waals surface area (Å²) in [5.74, 6) is -0.446. The molecule has 2 fully saturated rings. The standard InChI is InChI=1S/C9H9Br2NO3/c1-4(13)15-9(3-12)2-5-6(10)7(11)8(9)14-5/h5-8H,2H2,1H3/t5-,6+,7-,8-,9+/m0/s1. The van der Waals surface area contributed by atoms with Crippen molar-refractivity contribution < 1.29 is 14.3 Å². The average molecular weight is 339 g/mol. The molecule has 0 aromatic heterocycles. The molecule has 0 aromatic carbocycles. The minimum Gasteiger partial charge on any atom is -0.441 e. The molecule has 2 aliphatic heterocycles. The third kappa shape index (κ3) is 1.61. The fourth-order valence-corrected chi connectivity index (χ4v) is 3.62. The Morgan fingerprint density at radius 1 is 1.60 bits per heavy atom. The zero-order valence-electron chi connectivity index (χ0n) is 7.94. The van der Waals surface area contributed by atoms with Gasteiger partial charge in [-0.05, 0) is 0 Å². The van der Waals surface area contributed by atoms with Gasteiger partial charge in [-0.2, -0.15) is 5.26 Å². The molecule has 2 heterocycles. The first kappa shape index (κ1) is 11.4. The van der Waals surface area contributed by atoms with Crippen molar-refractivity contribution >= 4 is 37.8 Å². The highest BCUT2D eigenvalue weighted by atomic mass is 79.9. The smallest absolute Gasteiger partial charge is 0.304 e. The molecule has 2 bridgehead atoms. The molecule has 0 unspecified atom stereocenters. The van der Waals surface area contributed by atoms with E-state index < -0.39 is 11.6 Å². The van der Waals surface area contributed by atoms with Gasteiger partial charge >= 0.3 is 5.97 Å². The summed E-state index contributed by atoms with van der Waals surface area (Å²) in [5.41, 5.74) is -1.12. The fourth-order valence-electron chi connectivity index (χ4n) is 2.14. The van der Waals surface area contributed by atoms with Crippen LogP contribution in [0.2, 0.25) is 0 Å². The van der Waals surface area contributed by atoms with E-state index in [1.54, 1.807) is 0 Å². The number of rotatable bonds is 1. The van der Waals surface area contributed by atoms with Crippen molar-refractivity contribution in [1.29, 1.82) is 5.26 Å². The van der Waals surface area contributed by atoms with Crippen molar-refractivity contribution in [3.05, 3.63) is 0 Å². The molecule has 0 spiro atoms. The first-order valence-corrected chi connectivity index (χ1v) is 6.38. The van der Waals surface area contributed by atoms with Crippen LogP contribution in [0.4, 0.5) is 0 Å². The van der Waals surface area contributed by atoms with Crippen LogP contribution in [0.3, 0.4) is 0 Å². The van der Waals surface area contributed by atoms with Crippen LogP contribution < -0.4 is 0 Å². The summed E-state index contributed by atoms with van der Waals surface area (Å²) in [6.07, 6.45) is -0.0228. The number of halogens is 2. The molecule has 2 rings (SSSR count). The van der Waals surface area contributed by atoms with Crippen LogP contribution >= 0.6 is 31.9 Å². The Hall–Kier alpha value is -0.120. The highest BCUT2D eigenvalue weighted by Gasteiger charge is 2.63. The number of hydrogen-bond acceptors (Lipinski definition) is 4. The highest BCUT2D eigenvalue weighted by Crippen LogP contribution is 2.49. The van der Waals surface area contributed by atoms with Gasteiger partial charge in [0.2, 0.25) is 5.60 Å². The number of fused-ring (bicyclic) bond motifs is 2. The quantitative estimate of drug-likeness (QED) is 0.537. The summed E-state index contributed by atoms with van der Waals surface area (Å²) in [6, 6.07) is 2.07. The molecular weight excluding hydrogens is 330 g/mol. The van der Waals surface area contributed by atoms with Gasteiger partial charge in [0.05, 0.1) is 15.8 Å². The van der Waals surface area contributed by atoms with E-state index in [4.69, 9.17) is 14.7 Å². The second-order valence-corrected chi connectivity index (χ2v) is 5.90. The molecule has 4 nitrogen and oxygen atoms in total. The van der Waals surface area contributed by atoms with Crippen LogP contribution in [-0.2, 0) is 14.3 Å². The number of nitrogens with zero attached hydrogens (tertiary/aromatic N) is 1. The molecule has 5 atom stereocenters. The normalized spacial score (nSPS) is 47.6. The van der Waals surface area contributed by atoms with Crippen molar-refractivity contribution in [2.75, 3.05) is 0 Å². The van der Waals surface area contributed by atoms with Gasteiger partial charge in [-0.25, -0.2) is 0 Å². The summed E-state index contributed by atoms with van der Waals surface area (Å²) < 4.78 is 10.7. The van der Waals surface area contributed by atoms with Crippen molar-refractivity contribution in [2.24, 2.45) is 0 Å². The monoisotopic (exact) mass is 337 g/mol. The Kier molecular flexibility index (Phi) is 2.82. The van der Waals surface area contributed by atoms with E-state index in [1.807, 2.05) is 0 Å². The van der Waals surface area contributed by atoms with Crippen LogP contribution in [0, 0.1) is 11.3 Å². The van der Waals surface area contributed by atoms with Crippen LogP contribution in [0.15, 0.2) is 0 Å². The second-order valence-electron chi connectivity index (χ2n) is 3.78. The minimum atomic E-state index is -1.12. The molecule has 82 valence electrons. The molecular formula is C9H9Br2NO3. The Morgan fingerprint density at radius 3 is 2.67 bits per heavy atom. The van der Waals surface area contributed by atoms with Crippen LogP contribution in [0.5, 0.6) is 0 Å². The van der Waals surface area contributed by atoms with Gasteiger partial charge in [-0.15, -0.1) is 0 Å². The van der Waals surface area contributed by atoms with Crippen LogP contribution in [-0.4, -0.2) is 33.4 Å². The lowest BCUT2D eigenvalue weighted by atomic mass is 9.85. The van der Waals surface area contributed by atoms with Crippen molar-refractivity contribution in [3.63, 3.8) is 0 Å². The molecule has 0 aromatic rings. The van der Waals surface area contributed by atoms with Crippen LogP contribution in [0.25, 0.3) is 0 Å². The van der Waals surface area contributed by atoms with E-state index >= 15 is 0 Å².